The number of cyclic esters (lactones) is 2. The number of ether oxygens (including phenoxy) is 2. The fourth-order valence-electron chi connectivity index (χ4n) is 1.09. The average molecular weight is 208 g/mol. The number of aromatic nitrogens is 1. The van der Waals surface area contributed by atoms with Gasteiger partial charge in [-0.2, -0.15) is 0 Å². The fraction of sp³-hybridized carbons (Fsp3) is 0.222. The summed E-state index contributed by atoms with van der Waals surface area (Å²) in [5, 5.41) is 2.64. The molecule has 1 saturated heterocycles. The summed E-state index contributed by atoms with van der Waals surface area (Å²) in [4.78, 5) is 25.7. The van der Waals surface area contributed by atoms with Crippen LogP contribution in [0.25, 0.3) is 0 Å². The molecule has 0 spiro atoms. The van der Waals surface area contributed by atoms with E-state index in [9.17, 15) is 9.59 Å². The highest BCUT2D eigenvalue weighted by atomic mass is 16.7. The molecule has 1 aliphatic heterocycles. The molecule has 2 heterocycles. The van der Waals surface area contributed by atoms with Crippen LogP contribution < -0.4 is 5.32 Å². The van der Waals surface area contributed by atoms with E-state index in [0.29, 0.717) is 5.82 Å². The van der Waals surface area contributed by atoms with E-state index >= 15 is 0 Å². The van der Waals surface area contributed by atoms with Gasteiger partial charge in [0.1, 0.15) is 12.2 Å². The molecule has 1 aliphatic rings. The van der Waals surface area contributed by atoms with Gasteiger partial charge < -0.3 is 14.8 Å². The lowest BCUT2D eigenvalue weighted by atomic mass is 10.4. The van der Waals surface area contributed by atoms with E-state index in [1.807, 2.05) is 0 Å². The maximum Gasteiger partial charge on any atom is 0.330 e. The van der Waals surface area contributed by atoms with Gasteiger partial charge >= 0.3 is 18.4 Å². The van der Waals surface area contributed by atoms with Gasteiger partial charge in [-0.05, 0) is 12.1 Å². The second-order valence-corrected chi connectivity index (χ2v) is 2.85. The molecule has 0 radical (unpaired) electrons. The molecule has 1 N–H and O–H groups in total. The number of nitrogens with one attached hydrogen (secondary N) is 1. The molecule has 1 fully saturated rings. The van der Waals surface area contributed by atoms with Gasteiger partial charge in [-0.3, -0.25) is 9.59 Å². The maximum atomic E-state index is 10.9. The monoisotopic (exact) mass is 208 g/mol. The zero-order chi connectivity index (χ0) is 10.7. The summed E-state index contributed by atoms with van der Waals surface area (Å²) in [5.74, 6) is -0.760. The van der Waals surface area contributed by atoms with Crippen LogP contribution in [0.2, 0.25) is 0 Å². The fourth-order valence-corrected chi connectivity index (χ4v) is 1.09. The number of rotatable bonds is 2. The van der Waals surface area contributed by atoms with Crippen LogP contribution in [0.3, 0.4) is 0 Å². The molecule has 15 heavy (non-hydrogen) atoms. The van der Waals surface area contributed by atoms with Crippen LogP contribution in [0.1, 0.15) is 6.42 Å². The van der Waals surface area contributed by atoms with Crippen LogP contribution >= 0.6 is 0 Å². The van der Waals surface area contributed by atoms with Crippen LogP contribution in [0, 0.1) is 0 Å². The Bertz CT molecular complexity index is 363. The average Bonchev–Trinajstić information content (AvgIpc) is 2.17. The van der Waals surface area contributed by atoms with Crippen molar-refractivity contribution in [3.05, 3.63) is 24.4 Å². The standard InChI is InChI=1S/C9H8N2O4/c12-7-5-8(13)15-9(14-7)11-6-3-1-2-4-10-6/h1-4,9H,5H2,(H,10,11). The number of carbonyl (C=O) groups excluding carboxylic acids is 2. The third-order valence-corrected chi connectivity index (χ3v) is 1.70. The highest BCUT2D eigenvalue weighted by Gasteiger charge is 2.27. The quantitative estimate of drug-likeness (QED) is 0.555. The highest BCUT2D eigenvalue weighted by molar-refractivity contribution is 5.92. The van der Waals surface area contributed by atoms with Gasteiger partial charge in [-0.25, -0.2) is 4.98 Å². The molecule has 0 unspecified atom stereocenters. The Morgan fingerprint density at radius 1 is 1.27 bits per heavy atom. The molecule has 0 amide bonds. The maximum absolute atomic E-state index is 10.9. The van der Waals surface area contributed by atoms with E-state index in [-0.39, 0.29) is 6.42 Å². The first-order chi connectivity index (χ1) is 7.24. The van der Waals surface area contributed by atoms with Crippen molar-refractivity contribution in [1.29, 1.82) is 0 Å². The van der Waals surface area contributed by atoms with Gasteiger partial charge in [0.25, 0.3) is 0 Å². The zero-order valence-corrected chi connectivity index (χ0v) is 7.67. The van der Waals surface area contributed by atoms with Crippen LogP contribution in [0.4, 0.5) is 5.82 Å². The van der Waals surface area contributed by atoms with E-state index in [0.717, 1.165) is 0 Å². The second kappa shape index (κ2) is 3.95. The Morgan fingerprint density at radius 2 is 2.00 bits per heavy atom. The van der Waals surface area contributed by atoms with Gasteiger partial charge in [0, 0.05) is 6.20 Å². The molecular formula is C9H8N2O4. The van der Waals surface area contributed by atoms with E-state index < -0.39 is 18.4 Å². The largest absolute Gasteiger partial charge is 0.406 e. The number of hydrogen-bond donors (Lipinski definition) is 1. The number of esters is 2. The van der Waals surface area contributed by atoms with Gasteiger partial charge in [0.2, 0.25) is 0 Å². The van der Waals surface area contributed by atoms with Crippen molar-refractivity contribution in [3.8, 4) is 0 Å². The first-order valence-electron chi connectivity index (χ1n) is 4.30. The molecule has 78 valence electrons. The van der Waals surface area contributed by atoms with Crippen molar-refractivity contribution >= 4 is 17.8 Å². The molecule has 2 rings (SSSR count). The predicted molar refractivity (Wildman–Crippen MR) is 48.4 cm³/mol. The summed E-state index contributed by atoms with van der Waals surface area (Å²) < 4.78 is 9.46. The third-order valence-electron chi connectivity index (χ3n) is 1.70. The Labute approximate surface area is 85.2 Å². The first kappa shape index (κ1) is 9.45. The molecule has 1 aromatic rings. The Morgan fingerprint density at radius 3 is 2.60 bits per heavy atom. The molecule has 6 nitrogen and oxygen atoms in total. The number of pyridine rings is 1. The molecule has 6 heteroatoms. The number of nitrogens with zero attached hydrogens (tertiary/aromatic N) is 1. The lowest BCUT2D eigenvalue weighted by Crippen LogP contribution is -2.37. The van der Waals surface area contributed by atoms with Gasteiger partial charge in [-0.1, -0.05) is 6.07 Å². The zero-order valence-electron chi connectivity index (χ0n) is 7.67. The van der Waals surface area contributed by atoms with Crippen LogP contribution in [-0.2, 0) is 19.1 Å². The van der Waals surface area contributed by atoms with E-state index in [2.05, 4.69) is 10.3 Å². The summed E-state index contributed by atoms with van der Waals surface area (Å²) in [6.45, 7) is 0. The van der Waals surface area contributed by atoms with Crippen molar-refractivity contribution in [3.63, 3.8) is 0 Å². The van der Waals surface area contributed by atoms with E-state index in [1.54, 1.807) is 24.4 Å². The minimum atomic E-state index is -1.09. The number of anilines is 1. The van der Waals surface area contributed by atoms with Crippen molar-refractivity contribution in [2.75, 3.05) is 5.32 Å². The highest BCUT2D eigenvalue weighted by Crippen LogP contribution is 2.10. The lowest BCUT2D eigenvalue weighted by molar-refractivity contribution is -0.197. The number of carbonyl (C=O) groups is 2. The molecule has 0 bridgehead atoms. The number of hydrogen-bond acceptors (Lipinski definition) is 6. The van der Waals surface area contributed by atoms with Gasteiger partial charge in [0.05, 0.1) is 0 Å². The summed E-state index contributed by atoms with van der Waals surface area (Å²) in [5.41, 5.74) is 0. The Balaban J connectivity index is 2.00. The van der Waals surface area contributed by atoms with Crippen molar-refractivity contribution in [2.24, 2.45) is 0 Å². The van der Waals surface area contributed by atoms with E-state index in [1.165, 1.54) is 0 Å². The van der Waals surface area contributed by atoms with Crippen molar-refractivity contribution in [1.82, 2.24) is 4.98 Å². The van der Waals surface area contributed by atoms with Crippen molar-refractivity contribution < 1.29 is 19.1 Å². The predicted octanol–water partition coefficient (Wildman–Crippen LogP) is 0.267. The molecule has 0 saturated carbocycles. The minimum Gasteiger partial charge on any atom is -0.406 e. The van der Waals surface area contributed by atoms with Crippen molar-refractivity contribution in [2.45, 2.75) is 12.8 Å². The van der Waals surface area contributed by atoms with Crippen LogP contribution in [-0.4, -0.2) is 23.3 Å². The first-order valence-corrected chi connectivity index (χ1v) is 4.30. The minimum absolute atomic E-state index is 0.347. The lowest BCUT2D eigenvalue weighted by Gasteiger charge is -2.22. The SMILES string of the molecule is O=C1CC(=O)OC(Nc2ccccn2)O1. The summed E-state index contributed by atoms with van der Waals surface area (Å²) >= 11 is 0. The molecule has 1 aromatic heterocycles. The molecule has 0 atom stereocenters. The summed E-state index contributed by atoms with van der Waals surface area (Å²) in [7, 11) is 0. The van der Waals surface area contributed by atoms with Gasteiger partial charge in [0.15, 0.2) is 0 Å². The normalized spacial score (nSPS) is 16.8. The second-order valence-electron chi connectivity index (χ2n) is 2.85. The molecule has 0 aromatic carbocycles. The Kier molecular flexibility index (Phi) is 2.49. The summed E-state index contributed by atoms with van der Waals surface area (Å²) in [6, 6.07) is 5.15. The molecule has 0 aliphatic carbocycles. The third kappa shape index (κ3) is 2.43. The molecular weight excluding hydrogens is 200 g/mol. The Hall–Kier alpha value is -2.11. The smallest absolute Gasteiger partial charge is 0.330 e. The van der Waals surface area contributed by atoms with E-state index in [4.69, 9.17) is 9.47 Å². The topological polar surface area (TPSA) is 77.5 Å². The van der Waals surface area contributed by atoms with Crippen LogP contribution in [0.5, 0.6) is 0 Å². The van der Waals surface area contributed by atoms with Gasteiger partial charge in [-0.15, -0.1) is 0 Å². The van der Waals surface area contributed by atoms with Crippen LogP contribution in [0.15, 0.2) is 24.4 Å². The summed E-state index contributed by atoms with van der Waals surface area (Å²) in [6.07, 6.45) is 0.128.